The Kier molecular flexibility index (Phi) is 4.41. The Hall–Kier alpha value is -2.16. The molecule has 0 unspecified atom stereocenters. The first-order valence-electron chi connectivity index (χ1n) is 5.83. The highest BCUT2D eigenvalue weighted by Gasteiger charge is 2.17. The summed E-state index contributed by atoms with van der Waals surface area (Å²) in [5, 5.41) is 3.52. The van der Waals surface area contributed by atoms with Crippen LogP contribution in [0.2, 0.25) is 0 Å². The quantitative estimate of drug-likeness (QED) is 0.884. The van der Waals surface area contributed by atoms with Crippen molar-refractivity contribution < 1.29 is 26.5 Å². The van der Waals surface area contributed by atoms with E-state index in [1.807, 2.05) is 0 Å². The number of hydrogen-bond acceptors (Lipinski definition) is 5. The zero-order chi connectivity index (χ0) is 15.5. The van der Waals surface area contributed by atoms with Crippen LogP contribution in [-0.2, 0) is 10.0 Å². The molecule has 0 spiro atoms. The minimum Gasteiger partial charge on any atom is -0.488 e. The summed E-state index contributed by atoms with van der Waals surface area (Å²) >= 11 is 0. The summed E-state index contributed by atoms with van der Waals surface area (Å²) in [6, 6.07) is 5.09. The number of aromatic nitrogens is 1. The number of anilines is 1. The fourth-order valence-corrected chi connectivity index (χ4v) is 2.51. The van der Waals surface area contributed by atoms with Crippen molar-refractivity contribution >= 4 is 15.8 Å². The van der Waals surface area contributed by atoms with Gasteiger partial charge in [-0.25, -0.2) is 17.2 Å². The number of aryl methyl sites for hydroxylation is 1. The van der Waals surface area contributed by atoms with Gasteiger partial charge in [0.25, 0.3) is 16.4 Å². The molecule has 0 aliphatic rings. The number of nitrogens with zero attached hydrogens (tertiary/aromatic N) is 1. The molecule has 0 bridgehead atoms. The van der Waals surface area contributed by atoms with E-state index >= 15 is 0 Å². The highest BCUT2D eigenvalue weighted by molar-refractivity contribution is 7.92. The normalized spacial score (nSPS) is 11.6. The lowest BCUT2D eigenvalue weighted by Gasteiger charge is -2.08. The van der Waals surface area contributed by atoms with Gasteiger partial charge in [0.15, 0.2) is 5.82 Å². The van der Waals surface area contributed by atoms with Crippen molar-refractivity contribution in [3.8, 4) is 5.75 Å². The van der Waals surface area contributed by atoms with Crippen molar-refractivity contribution in [2.45, 2.75) is 18.2 Å². The molecule has 0 atom stereocenters. The van der Waals surface area contributed by atoms with E-state index in [1.54, 1.807) is 6.92 Å². The predicted octanol–water partition coefficient (Wildman–Crippen LogP) is 2.43. The van der Waals surface area contributed by atoms with Gasteiger partial charge in [-0.1, -0.05) is 5.16 Å². The lowest BCUT2D eigenvalue weighted by Crippen LogP contribution is -2.14. The Morgan fingerprint density at radius 3 is 2.52 bits per heavy atom. The van der Waals surface area contributed by atoms with Gasteiger partial charge in [0.05, 0.1) is 4.90 Å². The van der Waals surface area contributed by atoms with Gasteiger partial charge in [-0.05, 0) is 31.2 Å². The molecule has 1 N–H and O–H groups in total. The second-order valence-electron chi connectivity index (χ2n) is 4.13. The van der Waals surface area contributed by atoms with Crippen LogP contribution in [0.25, 0.3) is 0 Å². The molecular formula is C12H12F2N2O4S. The minimum absolute atomic E-state index is 0.0469. The molecular weight excluding hydrogens is 306 g/mol. The summed E-state index contributed by atoms with van der Waals surface area (Å²) < 4.78 is 59.8. The largest absolute Gasteiger partial charge is 0.488 e. The standard InChI is InChI=1S/C12H12F2N2O4S/c1-8-6-20-15-12(8)16-21(17,18)10-4-2-9(3-5-10)19-7-11(13)14/h2-6,11H,7H2,1H3,(H,15,16). The van der Waals surface area contributed by atoms with Crippen LogP contribution in [0, 0.1) is 6.92 Å². The molecule has 0 saturated carbocycles. The minimum atomic E-state index is -3.83. The van der Waals surface area contributed by atoms with E-state index in [1.165, 1.54) is 30.5 Å². The van der Waals surface area contributed by atoms with Crippen LogP contribution in [0.1, 0.15) is 5.56 Å². The molecule has 1 heterocycles. The zero-order valence-corrected chi connectivity index (χ0v) is 11.7. The first-order chi connectivity index (χ1) is 9.88. The highest BCUT2D eigenvalue weighted by Crippen LogP contribution is 2.20. The van der Waals surface area contributed by atoms with Crippen molar-refractivity contribution in [2.75, 3.05) is 11.3 Å². The summed E-state index contributed by atoms with van der Waals surface area (Å²) in [5.74, 6) is 0.250. The van der Waals surface area contributed by atoms with Crippen molar-refractivity contribution in [3.63, 3.8) is 0 Å². The van der Waals surface area contributed by atoms with Crippen LogP contribution < -0.4 is 9.46 Å². The molecule has 0 amide bonds. The molecule has 2 rings (SSSR count). The van der Waals surface area contributed by atoms with Crippen LogP contribution in [0.15, 0.2) is 39.9 Å². The fraction of sp³-hybridized carbons (Fsp3) is 0.250. The van der Waals surface area contributed by atoms with Crippen molar-refractivity contribution in [1.29, 1.82) is 0 Å². The monoisotopic (exact) mass is 318 g/mol. The number of halogens is 2. The topological polar surface area (TPSA) is 81.4 Å². The number of ether oxygens (including phenoxy) is 1. The molecule has 0 radical (unpaired) electrons. The van der Waals surface area contributed by atoms with E-state index in [-0.39, 0.29) is 16.5 Å². The van der Waals surface area contributed by atoms with E-state index in [0.29, 0.717) is 5.56 Å². The number of nitrogens with one attached hydrogen (secondary N) is 1. The number of benzene rings is 1. The molecule has 21 heavy (non-hydrogen) atoms. The first kappa shape index (κ1) is 15.2. The Bertz CT molecular complexity index is 698. The molecule has 9 heteroatoms. The van der Waals surface area contributed by atoms with E-state index in [0.717, 1.165) is 0 Å². The summed E-state index contributed by atoms with van der Waals surface area (Å²) in [7, 11) is -3.83. The maximum absolute atomic E-state index is 12.1. The first-order valence-corrected chi connectivity index (χ1v) is 7.31. The summed E-state index contributed by atoms with van der Waals surface area (Å²) in [4.78, 5) is -0.0469. The lowest BCUT2D eigenvalue weighted by molar-refractivity contribution is 0.0819. The number of sulfonamides is 1. The van der Waals surface area contributed by atoms with E-state index in [2.05, 4.69) is 14.4 Å². The molecule has 0 aliphatic heterocycles. The second-order valence-corrected chi connectivity index (χ2v) is 5.81. The predicted molar refractivity (Wildman–Crippen MR) is 70.0 cm³/mol. The molecule has 1 aromatic carbocycles. The van der Waals surface area contributed by atoms with Gasteiger partial charge in [-0.3, -0.25) is 4.72 Å². The van der Waals surface area contributed by atoms with Crippen molar-refractivity contribution in [3.05, 3.63) is 36.1 Å². The Balaban J connectivity index is 2.12. The van der Waals surface area contributed by atoms with E-state index in [4.69, 9.17) is 4.74 Å². The van der Waals surface area contributed by atoms with Gasteiger partial charge in [0.2, 0.25) is 0 Å². The second kappa shape index (κ2) is 6.08. The Labute approximate surface area is 119 Å². The zero-order valence-electron chi connectivity index (χ0n) is 10.9. The van der Waals surface area contributed by atoms with Crippen molar-refractivity contribution in [2.24, 2.45) is 0 Å². The maximum atomic E-state index is 12.1. The molecule has 0 fully saturated rings. The van der Waals surface area contributed by atoms with Crippen LogP contribution >= 0.6 is 0 Å². The molecule has 2 aromatic rings. The number of alkyl halides is 2. The van der Waals surface area contributed by atoms with Crippen molar-refractivity contribution in [1.82, 2.24) is 5.16 Å². The maximum Gasteiger partial charge on any atom is 0.272 e. The van der Waals surface area contributed by atoms with Crippen LogP contribution in [0.4, 0.5) is 14.6 Å². The lowest BCUT2D eigenvalue weighted by atomic mass is 10.3. The SMILES string of the molecule is Cc1conc1NS(=O)(=O)c1ccc(OCC(F)F)cc1. The van der Waals surface area contributed by atoms with Crippen LogP contribution in [-0.4, -0.2) is 26.6 Å². The third-order valence-electron chi connectivity index (χ3n) is 2.49. The molecule has 0 aliphatic carbocycles. The van der Waals surface area contributed by atoms with Crippen LogP contribution in [0.5, 0.6) is 5.75 Å². The Morgan fingerprint density at radius 1 is 1.33 bits per heavy atom. The molecule has 0 saturated heterocycles. The van der Waals surface area contributed by atoms with Gasteiger partial charge in [-0.2, -0.15) is 0 Å². The van der Waals surface area contributed by atoms with Gasteiger partial charge in [-0.15, -0.1) is 0 Å². The highest BCUT2D eigenvalue weighted by atomic mass is 32.2. The number of hydrogen-bond donors (Lipinski definition) is 1. The molecule has 114 valence electrons. The molecule has 6 nitrogen and oxygen atoms in total. The number of rotatable bonds is 6. The Morgan fingerprint density at radius 2 is 2.00 bits per heavy atom. The average Bonchev–Trinajstić information content (AvgIpc) is 2.82. The van der Waals surface area contributed by atoms with Gasteiger partial charge < -0.3 is 9.26 Å². The summed E-state index contributed by atoms with van der Waals surface area (Å²) in [5.41, 5.74) is 0.537. The third-order valence-corrected chi connectivity index (χ3v) is 3.84. The van der Waals surface area contributed by atoms with Gasteiger partial charge >= 0.3 is 0 Å². The van der Waals surface area contributed by atoms with Gasteiger partial charge in [0.1, 0.15) is 18.6 Å². The van der Waals surface area contributed by atoms with Crippen LogP contribution in [0.3, 0.4) is 0 Å². The third kappa shape index (κ3) is 3.91. The summed E-state index contributed by atoms with van der Waals surface area (Å²) in [6.45, 7) is 0.887. The smallest absolute Gasteiger partial charge is 0.272 e. The van der Waals surface area contributed by atoms with E-state index in [9.17, 15) is 17.2 Å². The van der Waals surface area contributed by atoms with Gasteiger partial charge in [0, 0.05) is 5.56 Å². The summed E-state index contributed by atoms with van der Waals surface area (Å²) in [6.07, 6.45) is -1.29. The molecule has 1 aromatic heterocycles. The average molecular weight is 318 g/mol. The van der Waals surface area contributed by atoms with E-state index < -0.39 is 23.1 Å². The fourth-order valence-electron chi connectivity index (χ4n) is 1.45.